The van der Waals surface area contributed by atoms with Gasteiger partial charge in [-0.1, -0.05) is 30.3 Å². The number of para-hydroxylation sites is 2. The van der Waals surface area contributed by atoms with E-state index in [4.69, 9.17) is 9.15 Å². The van der Waals surface area contributed by atoms with Gasteiger partial charge in [0.05, 0.1) is 23.4 Å². The Morgan fingerprint density at radius 1 is 1.03 bits per heavy atom. The minimum absolute atomic E-state index is 0.181. The lowest BCUT2D eigenvalue weighted by molar-refractivity contribution is -0.127. The summed E-state index contributed by atoms with van der Waals surface area (Å²) < 4.78 is 11.5. The van der Waals surface area contributed by atoms with E-state index in [1.807, 2.05) is 36.4 Å². The number of nitrogens with one attached hydrogen (secondary N) is 2. The number of pyridine rings is 1. The van der Waals surface area contributed by atoms with Crippen molar-refractivity contribution in [1.29, 1.82) is 0 Å². The molecule has 2 N–H and O–H groups in total. The molecule has 8 nitrogen and oxygen atoms in total. The summed E-state index contributed by atoms with van der Waals surface area (Å²) in [5.41, 5.74) is 2.21. The van der Waals surface area contributed by atoms with Crippen LogP contribution in [0.25, 0.3) is 11.5 Å². The highest BCUT2D eigenvalue weighted by Crippen LogP contribution is 2.29. The topological polar surface area (TPSA) is 106 Å². The molecule has 0 unspecified atom stereocenters. The van der Waals surface area contributed by atoms with E-state index < -0.39 is 6.10 Å². The highest BCUT2D eigenvalue weighted by atomic mass is 16.5. The first kappa shape index (κ1) is 22.7. The van der Waals surface area contributed by atoms with E-state index in [0.717, 1.165) is 0 Å². The zero-order chi connectivity index (χ0) is 23.9. The number of benzene rings is 2. The molecular weight excluding hydrogens is 432 g/mol. The third-order valence-corrected chi connectivity index (χ3v) is 5.08. The van der Waals surface area contributed by atoms with Crippen LogP contribution in [-0.4, -0.2) is 27.9 Å². The highest BCUT2D eigenvalue weighted by molar-refractivity contribution is 6.05. The Kier molecular flexibility index (Phi) is 6.98. The van der Waals surface area contributed by atoms with Gasteiger partial charge in [-0.3, -0.25) is 14.6 Å². The van der Waals surface area contributed by atoms with Crippen molar-refractivity contribution >= 4 is 17.5 Å². The van der Waals surface area contributed by atoms with Crippen molar-refractivity contribution in [3.63, 3.8) is 0 Å². The fourth-order valence-electron chi connectivity index (χ4n) is 3.25. The van der Waals surface area contributed by atoms with Gasteiger partial charge < -0.3 is 19.8 Å². The molecule has 2 aromatic carbocycles. The molecule has 172 valence electrons. The van der Waals surface area contributed by atoms with Gasteiger partial charge in [0.1, 0.15) is 17.2 Å². The predicted octanol–water partition coefficient (Wildman–Crippen LogP) is 4.38. The summed E-state index contributed by atoms with van der Waals surface area (Å²) >= 11 is 0. The lowest BCUT2D eigenvalue weighted by Crippen LogP contribution is -2.36. The summed E-state index contributed by atoms with van der Waals surface area (Å²) in [5, 5.41) is 5.71. The molecule has 0 spiro atoms. The molecule has 0 saturated carbocycles. The monoisotopic (exact) mass is 456 g/mol. The van der Waals surface area contributed by atoms with E-state index in [1.165, 1.54) is 6.20 Å². The average Bonchev–Trinajstić information content (AvgIpc) is 3.24. The molecule has 0 radical (unpaired) electrons. The second-order valence-corrected chi connectivity index (χ2v) is 7.55. The summed E-state index contributed by atoms with van der Waals surface area (Å²) in [5.74, 6) is 0.980. The van der Waals surface area contributed by atoms with Crippen molar-refractivity contribution in [1.82, 2.24) is 15.3 Å². The number of carbonyl (C=O) groups is 2. The third kappa shape index (κ3) is 5.47. The van der Waals surface area contributed by atoms with Gasteiger partial charge in [0, 0.05) is 12.4 Å². The zero-order valence-electron chi connectivity index (χ0n) is 18.8. The molecule has 0 bridgehead atoms. The largest absolute Gasteiger partial charge is 0.481 e. The number of rotatable bonds is 8. The fourth-order valence-corrected chi connectivity index (χ4v) is 3.25. The smallest absolute Gasteiger partial charge is 0.261 e. The first-order valence-electron chi connectivity index (χ1n) is 10.8. The van der Waals surface area contributed by atoms with Gasteiger partial charge in [-0.25, -0.2) is 4.98 Å². The van der Waals surface area contributed by atoms with Crippen LogP contribution in [0.1, 0.15) is 28.7 Å². The van der Waals surface area contributed by atoms with Gasteiger partial charge in [0.2, 0.25) is 5.89 Å². The van der Waals surface area contributed by atoms with Crippen LogP contribution < -0.4 is 15.4 Å². The molecule has 34 heavy (non-hydrogen) atoms. The maximum absolute atomic E-state index is 12.6. The Bertz CT molecular complexity index is 1270. The van der Waals surface area contributed by atoms with Crippen LogP contribution in [0.5, 0.6) is 5.75 Å². The molecule has 2 amide bonds. The van der Waals surface area contributed by atoms with E-state index >= 15 is 0 Å². The molecule has 0 aliphatic rings. The van der Waals surface area contributed by atoms with Gasteiger partial charge >= 0.3 is 0 Å². The molecule has 1 atom stereocenters. The minimum Gasteiger partial charge on any atom is -0.481 e. The number of ether oxygens (including phenoxy) is 1. The van der Waals surface area contributed by atoms with Crippen LogP contribution in [0.15, 0.2) is 83.5 Å². The number of hydrogen-bond acceptors (Lipinski definition) is 6. The van der Waals surface area contributed by atoms with E-state index in [-0.39, 0.29) is 18.4 Å². The number of anilines is 1. The number of aryl methyl sites for hydroxylation is 1. The predicted molar refractivity (Wildman–Crippen MR) is 127 cm³/mol. The van der Waals surface area contributed by atoms with E-state index in [9.17, 15) is 9.59 Å². The molecule has 2 aromatic heterocycles. The fraction of sp³-hybridized carbons (Fsp3) is 0.154. The lowest BCUT2D eigenvalue weighted by atomic mass is 10.1. The number of carbonyl (C=O) groups excluding carboxylic acids is 2. The number of oxazole rings is 1. The first-order valence-corrected chi connectivity index (χ1v) is 10.8. The quantitative estimate of drug-likeness (QED) is 0.408. The van der Waals surface area contributed by atoms with Crippen molar-refractivity contribution in [3.05, 3.63) is 96.1 Å². The molecule has 0 aliphatic carbocycles. The molecule has 0 saturated heterocycles. The van der Waals surface area contributed by atoms with E-state index in [2.05, 4.69) is 20.6 Å². The zero-order valence-corrected chi connectivity index (χ0v) is 18.8. The van der Waals surface area contributed by atoms with Crippen molar-refractivity contribution in [2.75, 3.05) is 5.32 Å². The second kappa shape index (κ2) is 10.4. The molecule has 2 heterocycles. The molecule has 0 aliphatic heterocycles. The molecule has 4 rings (SSSR count). The minimum atomic E-state index is -0.669. The Hall–Kier alpha value is -4.46. The summed E-state index contributed by atoms with van der Waals surface area (Å²) in [4.78, 5) is 33.6. The Morgan fingerprint density at radius 2 is 1.79 bits per heavy atom. The second-order valence-electron chi connectivity index (χ2n) is 7.55. The number of aromatic nitrogens is 2. The molecule has 4 aromatic rings. The van der Waals surface area contributed by atoms with E-state index in [1.54, 1.807) is 50.4 Å². The third-order valence-electron chi connectivity index (χ3n) is 5.08. The van der Waals surface area contributed by atoms with Gasteiger partial charge in [-0.05, 0) is 50.2 Å². The number of amides is 2. The summed E-state index contributed by atoms with van der Waals surface area (Å²) in [6, 6.07) is 19.8. The Labute approximate surface area is 197 Å². The standard InChI is InChI=1S/C26H24N4O4/c1-17-23(16-28-24(31)18(2)33-20-10-4-3-5-11-20)30-26(34-17)21-12-6-7-13-22(21)29-25(32)19-9-8-14-27-15-19/h3-15,18H,16H2,1-2H3,(H,28,31)(H,29,32)/t18-/m0/s1. The summed E-state index contributed by atoms with van der Waals surface area (Å²) in [7, 11) is 0. The van der Waals surface area contributed by atoms with Gasteiger partial charge in [-0.2, -0.15) is 0 Å². The average molecular weight is 457 g/mol. The molecule has 8 heteroatoms. The SMILES string of the molecule is Cc1oc(-c2ccccc2NC(=O)c2cccnc2)nc1CNC(=O)[C@H](C)Oc1ccccc1. The first-order chi connectivity index (χ1) is 16.5. The molecular formula is C26H24N4O4. The van der Waals surface area contributed by atoms with Gasteiger partial charge in [-0.15, -0.1) is 0 Å². The van der Waals surface area contributed by atoms with Gasteiger partial charge in [0.25, 0.3) is 11.8 Å². The number of nitrogens with zero attached hydrogens (tertiary/aromatic N) is 2. The molecule has 0 fully saturated rings. The van der Waals surface area contributed by atoms with Gasteiger partial charge in [0.15, 0.2) is 6.10 Å². The lowest BCUT2D eigenvalue weighted by Gasteiger charge is -2.14. The van der Waals surface area contributed by atoms with Crippen LogP contribution in [-0.2, 0) is 11.3 Å². The maximum atomic E-state index is 12.6. The highest BCUT2D eigenvalue weighted by Gasteiger charge is 2.19. The van der Waals surface area contributed by atoms with E-state index in [0.29, 0.717) is 39.9 Å². The Balaban J connectivity index is 1.44. The van der Waals surface area contributed by atoms with Crippen molar-refractivity contribution in [2.45, 2.75) is 26.5 Å². The van der Waals surface area contributed by atoms with Crippen molar-refractivity contribution in [2.24, 2.45) is 0 Å². The van der Waals surface area contributed by atoms with Crippen LogP contribution in [0.2, 0.25) is 0 Å². The Morgan fingerprint density at radius 3 is 2.56 bits per heavy atom. The normalized spacial score (nSPS) is 11.5. The maximum Gasteiger partial charge on any atom is 0.261 e. The van der Waals surface area contributed by atoms with Crippen LogP contribution in [0.3, 0.4) is 0 Å². The summed E-state index contributed by atoms with van der Waals surface area (Å²) in [6.45, 7) is 3.64. The summed E-state index contributed by atoms with van der Waals surface area (Å²) in [6.07, 6.45) is 2.43. The van der Waals surface area contributed by atoms with Crippen molar-refractivity contribution in [3.8, 4) is 17.2 Å². The number of hydrogen-bond donors (Lipinski definition) is 2. The van der Waals surface area contributed by atoms with Crippen molar-refractivity contribution < 1.29 is 18.7 Å². The van der Waals surface area contributed by atoms with Crippen LogP contribution >= 0.6 is 0 Å². The van der Waals surface area contributed by atoms with Crippen LogP contribution in [0.4, 0.5) is 5.69 Å². The van der Waals surface area contributed by atoms with Crippen LogP contribution in [0, 0.1) is 6.92 Å².